The molecule has 3 nitrogen and oxygen atoms in total. The van der Waals surface area contributed by atoms with Crippen molar-refractivity contribution in [3.63, 3.8) is 0 Å². The van der Waals surface area contributed by atoms with Gasteiger partial charge in [-0.05, 0) is 42.7 Å². The second-order valence-corrected chi connectivity index (χ2v) is 7.19. The van der Waals surface area contributed by atoms with Gasteiger partial charge in [-0.15, -0.1) is 17.9 Å². The molecule has 0 radical (unpaired) electrons. The first-order valence-electron chi connectivity index (χ1n) is 8.04. The summed E-state index contributed by atoms with van der Waals surface area (Å²) in [5.74, 6) is -0.308. The Morgan fingerprint density at radius 1 is 1.46 bits per heavy atom. The van der Waals surface area contributed by atoms with Crippen LogP contribution < -0.4 is 0 Å². The first-order valence-corrected chi connectivity index (χ1v) is 9.24. The van der Waals surface area contributed by atoms with E-state index in [0.717, 1.165) is 36.0 Å². The molecular formula is C19H20ClNO2S. The molecular weight excluding hydrogens is 342 g/mol. The van der Waals surface area contributed by atoms with Crippen LogP contribution >= 0.6 is 22.9 Å². The molecule has 1 aliphatic heterocycles. The van der Waals surface area contributed by atoms with Gasteiger partial charge in [0.05, 0.1) is 6.61 Å². The molecule has 1 aromatic heterocycles. The third-order valence-electron chi connectivity index (χ3n) is 4.14. The summed E-state index contributed by atoms with van der Waals surface area (Å²) in [4.78, 5) is 15.1. The molecule has 24 heavy (non-hydrogen) atoms. The maximum Gasteiger partial charge on any atom is 0.330 e. The van der Waals surface area contributed by atoms with Crippen LogP contribution in [-0.2, 0) is 22.5 Å². The maximum atomic E-state index is 11.7. The molecule has 2 aromatic rings. The van der Waals surface area contributed by atoms with Crippen LogP contribution in [0.2, 0.25) is 5.02 Å². The summed E-state index contributed by atoms with van der Waals surface area (Å²) in [7, 11) is 0. The van der Waals surface area contributed by atoms with E-state index in [1.807, 2.05) is 18.2 Å². The molecule has 0 saturated heterocycles. The first-order chi connectivity index (χ1) is 11.6. The van der Waals surface area contributed by atoms with Crippen molar-refractivity contribution in [2.45, 2.75) is 19.9 Å². The van der Waals surface area contributed by atoms with Gasteiger partial charge in [-0.1, -0.05) is 17.7 Å². The standard InChI is InChI=1S/C19H20ClNO2S/c1-3-10-21-11-9-13-15(20)5-6-17-19(13)14(12-21)16(24-17)7-8-18(22)23-4-2/h3,5-8H,1,4,9-12H2,2H3. The highest BCUT2D eigenvalue weighted by Crippen LogP contribution is 2.40. The van der Waals surface area contributed by atoms with E-state index in [9.17, 15) is 4.79 Å². The van der Waals surface area contributed by atoms with Crippen LogP contribution in [0.5, 0.6) is 0 Å². The normalized spacial score (nSPS) is 14.9. The number of thiophene rings is 1. The quantitative estimate of drug-likeness (QED) is 0.440. The fraction of sp³-hybridized carbons (Fsp3) is 0.316. The number of esters is 1. The van der Waals surface area contributed by atoms with Crippen LogP contribution in [0.15, 0.2) is 30.9 Å². The lowest BCUT2D eigenvalue weighted by Crippen LogP contribution is -2.24. The zero-order valence-corrected chi connectivity index (χ0v) is 15.3. The minimum Gasteiger partial charge on any atom is -0.463 e. The van der Waals surface area contributed by atoms with Crippen LogP contribution in [0.4, 0.5) is 0 Å². The van der Waals surface area contributed by atoms with Gasteiger partial charge in [0, 0.05) is 45.7 Å². The Labute approximate surface area is 151 Å². The Bertz CT molecular complexity index is 809. The lowest BCUT2D eigenvalue weighted by molar-refractivity contribution is -0.137. The fourth-order valence-corrected chi connectivity index (χ4v) is 4.50. The van der Waals surface area contributed by atoms with Crippen LogP contribution in [-0.4, -0.2) is 30.6 Å². The van der Waals surface area contributed by atoms with Crippen molar-refractivity contribution < 1.29 is 9.53 Å². The average molecular weight is 362 g/mol. The van der Waals surface area contributed by atoms with Crippen LogP contribution in [0.25, 0.3) is 16.2 Å². The van der Waals surface area contributed by atoms with Crippen molar-refractivity contribution in [2.75, 3.05) is 19.7 Å². The van der Waals surface area contributed by atoms with Crippen molar-refractivity contribution in [3.05, 3.63) is 51.9 Å². The van der Waals surface area contributed by atoms with Gasteiger partial charge in [-0.2, -0.15) is 0 Å². The summed E-state index contributed by atoms with van der Waals surface area (Å²) in [5, 5.41) is 2.07. The van der Waals surface area contributed by atoms with Crippen LogP contribution in [0.1, 0.15) is 22.9 Å². The fourth-order valence-electron chi connectivity index (χ4n) is 3.10. The average Bonchev–Trinajstić information content (AvgIpc) is 2.77. The molecule has 0 fully saturated rings. The molecule has 0 saturated carbocycles. The monoisotopic (exact) mass is 361 g/mol. The van der Waals surface area contributed by atoms with E-state index < -0.39 is 0 Å². The minimum atomic E-state index is -0.308. The van der Waals surface area contributed by atoms with E-state index >= 15 is 0 Å². The predicted molar refractivity (Wildman–Crippen MR) is 102 cm³/mol. The van der Waals surface area contributed by atoms with Crippen molar-refractivity contribution in [1.82, 2.24) is 4.90 Å². The molecule has 1 aliphatic rings. The highest BCUT2D eigenvalue weighted by Gasteiger charge is 2.22. The molecule has 0 bridgehead atoms. The first kappa shape index (κ1) is 17.2. The summed E-state index contributed by atoms with van der Waals surface area (Å²) in [5.41, 5.74) is 2.45. The summed E-state index contributed by atoms with van der Waals surface area (Å²) < 4.78 is 6.20. The highest BCUT2D eigenvalue weighted by molar-refractivity contribution is 7.20. The van der Waals surface area contributed by atoms with E-state index in [1.165, 1.54) is 27.3 Å². The number of hydrogen-bond donors (Lipinski definition) is 0. The van der Waals surface area contributed by atoms with Crippen molar-refractivity contribution in [1.29, 1.82) is 0 Å². The number of rotatable bonds is 5. The number of benzene rings is 1. The zero-order valence-electron chi connectivity index (χ0n) is 13.7. The SMILES string of the molecule is C=CCN1CCc2c(Cl)ccc3sc(C=CC(=O)OCC)c(c23)C1. The number of hydrogen-bond acceptors (Lipinski definition) is 4. The van der Waals surface area contributed by atoms with Gasteiger partial charge < -0.3 is 4.74 Å². The molecule has 1 aromatic carbocycles. The third-order valence-corrected chi connectivity index (χ3v) is 5.66. The predicted octanol–water partition coefficient (Wildman–Crippen LogP) is 4.68. The van der Waals surface area contributed by atoms with Crippen molar-refractivity contribution in [3.8, 4) is 0 Å². The van der Waals surface area contributed by atoms with Crippen molar-refractivity contribution >= 4 is 45.1 Å². The Balaban J connectivity index is 2.07. The smallest absolute Gasteiger partial charge is 0.330 e. The van der Waals surface area contributed by atoms with Gasteiger partial charge in [0.1, 0.15) is 0 Å². The van der Waals surface area contributed by atoms with E-state index in [2.05, 4.69) is 17.5 Å². The second-order valence-electron chi connectivity index (χ2n) is 5.70. The molecule has 0 amide bonds. The molecule has 0 atom stereocenters. The molecule has 0 N–H and O–H groups in total. The molecule has 0 aliphatic carbocycles. The Morgan fingerprint density at radius 3 is 3.04 bits per heavy atom. The molecule has 2 heterocycles. The number of ether oxygens (including phenoxy) is 1. The number of carbonyl (C=O) groups excluding carboxylic acids is 1. The van der Waals surface area contributed by atoms with Crippen LogP contribution in [0, 0.1) is 0 Å². The summed E-state index contributed by atoms with van der Waals surface area (Å²) in [6.45, 7) is 8.66. The van der Waals surface area contributed by atoms with E-state index in [0.29, 0.717) is 6.61 Å². The van der Waals surface area contributed by atoms with Crippen LogP contribution in [0.3, 0.4) is 0 Å². The van der Waals surface area contributed by atoms with E-state index in [-0.39, 0.29) is 5.97 Å². The van der Waals surface area contributed by atoms with E-state index in [4.69, 9.17) is 16.3 Å². The second kappa shape index (κ2) is 7.51. The Morgan fingerprint density at radius 2 is 2.29 bits per heavy atom. The van der Waals surface area contributed by atoms with Gasteiger partial charge in [-0.25, -0.2) is 4.79 Å². The van der Waals surface area contributed by atoms with E-state index in [1.54, 1.807) is 18.3 Å². The van der Waals surface area contributed by atoms with Gasteiger partial charge in [-0.3, -0.25) is 4.90 Å². The molecule has 5 heteroatoms. The largest absolute Gasteiger partial charge is 0.463 e. The third kappa shape index (κ3) is 3.41. The summed E-state index contributed by atoms with van der Waals surface area (Å²) >= 11 is 8.15. The van der Waals surface area contributed by atoms with Gasteiger partial charge in [0.25, 0.3) is 0 Å². The molecule has 0 unspecified atom stereocenters. The minimum absolute atomic E-state index is 0.308. The van der Waals surface area contributed by atoms with Gasteiger partial charge in [0.15, 0.2) is 0 Å². The zero-order chi connectivity index (χ0) is 17.1. The van der Waals surface area contributed by atoms with Crippen molar-refractivity contribution in [2.24, 2.45) is 0 Å². The Hall–Kier alpha value is -1.62. The molecule has 3 rings (SSSR count). The number of nitrogens with zero attached hydrogens (tertiary/aromatic N) is 1. The number of halogens is 1. The van der Waals surface area contributed by atoms with Gasteiger partial charge >= 0.3 is 5.97 Å². The topological polar surface area (TPSA) is 29.5 Å². The summed E-state index contributed by atoms with van der Waals surface area (Å²) in [6, 6.07) is 4.04. The molecule has 0 spiro atoms. The lowest BCUT2D eigenvalue weighted by Gasteiger charge is -2.18. The summed E-state index contributed by atoms with van der Waals surface area (Å²) in [6.07, 6.45) is 6.23. The number of carbonyl (C=O) groups is 1. The lowest BCUT2D eigenvalue weighted by atomic mass is 10.0. The molecule has 126 valence electrons. The maximum absolute atomic E-state index is 11.7. The van der Waals surface area contributed by atoms with Gasteiger partial charge in [0.2, 0.25) is 0 Å². The highest BCUT2D eigenvalue weighted by atomic mass is 35.5. The Kier molecular flexibility index (Phi) is 5.39.